The van der Waals surface area contributed by atoms with Gasteiger partial charge < -0.3 is 10.2 Å². The summed E-state index contributed by atoms with van der Waals surface area (Å²) in [6, 6.07) is 13.1. The summed E-state index contributed by atoms with van der Waals surface area (Å²) in [5.74, 6) is -0.958. The first-order valence-corrected chi connectivity index (χ1v) is 9.82. The van der Waals surface area contributed by atoms with E-state index in [1.807, 2.05) is 25.1 Å². The summed E-state index contributed by atoms with van der Waals surface area (Å²) in [4.78, 5) is 26.6. The van der Waals surface area contributed by atoms with Crippen LogP contribution in [0.25, 0.3) is 5.69 Å². The van der Waals surface area contributed by atoms with Gasteiger partial charge in [-0.15, -0.1) is 0 Å². The molecule has 1 aromatic heterocycles. The van der Waals surface area contributed by atoms with Gasteiger partial charge in [-0.05, 0) is 58.7 Å². The van der Waals surface area contributed by atoms with Crippen LogP contribution < -0.4 is 5.32 Å². The number of aromatic nitrogens is 2. The van der Waals surface area contributed by atoms with E-state index in [4.69, 9.17) is 0 Å². The van der Waals surface area contributed by atoms with Crippen LogP contribution in [0.5, 0.6) is 0 Å². The molecule has 3 rings (SSSR count). The highest BCUT2D eigenvalue weighted by molar-refractivity contribution is 9.10. The Labute approximate surface area is 176 Å². The molecule has 0 unspecified atom stereocenters. The average Bonchev–Trinajstić information content (AvgIpc) is 3.13. The average molecular weight is 459 g/mol. The maximum atomic E-state index is 13.2. The van der Waals surface area contributed by atoms with Gasteiger partial charge in [-0.3, -0.25) is 9.59 Å². The van der Waals surface area contributed by atoms with Crippen LogP contribution in [0.1, 0.15) is 23.0 Å². The number of likely N-dealkylation sites (N-methyl/N-ethyl adjacent to an activating group) is 1. The third kappa shape index (κ3) is 4.71. The Balaban J connectivity index is 1.75. The summed E-state index contributed by atoms with van der Waals surface area (Å²) in [5.41, 5.74) is 2.40. The Morgan fingerprint density at radius 3 is 2.52 bits per heavy atom. The van der Waals surface area contributed by atoms with Crippen molar-refractivity contribution in [1.82, 2.24) is 14.7 Å². The highest BCUT2D eigenvalue weighted by Crippen LogP contribution is 2.21. The van der Waals surface area contributed by atoms with Gasteiger partial charge in [-0.25, -0.2) is 9.07 Å². The number of halogens is 2. The molecule has 0 saturated heterocycles. The third-order valence-electron chi connectivity index (χ3n) is 4.38. The molecule has 0 spiro atoms. The number of anilines is 1. The van der Waals surface area contributed by atoms with Gasteiger partial charge in [-0.2, -0.15) is 5.10 Å². The predicted octanol–water partition coefficient (Wildman–Crippen LogP) is 4.05. The van der Waals surface area contributed by atoms with Gasteiger partial charge in [0, 0.05) is 11.5 Å². The molecule has 2 amide bonds. The first kappa shape index (κ1) is 20.7. The molecule has 29 heavy (non-hydrogen) atoms. The second-order valence-electron chi connectivity index (χ2n) is 6.44. The minimum Gasteiger partial charge on any atom is -0.332 e. The molecule has 3 aromatic rings. The molecular formula is C21H20BrFN4O2. The summed E-state index contributed by atoms with van der Waals surface area (Å²) < 4.78 is 15.6. The number of nitrogens with one attached hydrogen (secondary N) is 1. The molecule has 0 bridgehead atoms. The fourth-order valence-electron chi connectivity index (χ4n) is 2.94. The highest BCUT2D eigenvalue weighted by atomic mass is 79.9. The molecular weight excluding hydrogens is 439 g/mol. The molecule has 0 saturated carbocycles. The smallest absolute Gasteiger partial charge is 0.257 e. The van der Waals surface area contributed by atoms with Gasteiger partial charge in [0.05, 0.1) is 35.4 Å². The molecule has 1 heterocycles. The van der Waals surface area contributed by atoms with E-state index >= 15 is 0 Å². The Morgan fingerprint density at radius 2 is 1.86 bits per heavy atom. The van der Waals surface area contributed by atoms with Crippen LogP contribution in [0.2, 0.25) is 0 Å². The van der Waals surface area contributed by atoms with Crippen LogP contribution in [0, 0.1) is 5.82 Å². The van der Waals surface area contributed by atoms with Crippen molar-refractivity contribution in [3.63, 3.8) is 0 Å². The van der Waals surface area contributed by atoms with Gasteiger partial charge in [0.25, 0.3) is 5.91 Å². The Kier molecular flexibility index (Phi) is 6.43. The second-order valence-corrected chi connectivity index (χ2v) is 7.29. The first-order chi connectivity index (χ1) is 13.9. The van der Waals surface area contributed by atoms with Crippen molar-refractivity contribution in [2.24, 2.45) is 0 Å². The molecule has 0 aliphatic heterocycles. The van der Waals surface area contributed by atoms with Gasteiger partial charge in [0.15, 0.2) is 0 Å². The molecule has 0 fully saturated rings. The van der Waals surface area contributed by atoms with Crippen LogP contribution in [-0.2, 0) is 11.2 Å². The number of benzene rings is 2. The molecule has 8 heteroatoms. The molecule has 0 atom stereocenters. The maximum absolute atomic E-state index is 13.2. The number of rotatable bonds is 6. The quantitative estimate of drug-likeness (QED) is 0.605. The Hall–Kier alpha value is -3.00. The summed E-state index contributed by atoms with van der Waals surface area (Å²) in [7, 11) is 1.57. The number of carbonyl (C=O) groups excluding carboxylic acids is 2. The zero-order valence-electron chi connectivity index (χ0n) is 16.0. The van der Waals surface area contributed by atoms with Crippen LogP contribution in [0.15, 0.2) is 59.2 Å². The van der Waals surface area contributed by atoms with Gasteiger partial charge in [0.2, 0.25) is 5.91 Å². The first-order valence-electron chi connectivity index (χ1n) is 9.03. The van der Waals surface area contributed by atoms with E-state index in [9.17, 15) is 14.0 Å². The minimum atomic E-state index is -0.342. The van der Waals surface area contributed by atoms with Crippen molar-refractivity contribution in [3.8, 4) is 5.69 Å². The van der Waals surface area contributed by atoms with Crippen LogP contribution in [0.3, 0.4) is 0 Å². The predicted molar refractivity (Wildman–Crippen MR) is 113 cm³/mol. The molecule has 1 N–H and O–H groups in total. The van der Waals surface area contributed by atoms with Gasteiger partial charge in [0.1, 0.15) is 5.82 Å². The molecule has 0 radical (unpaired) electrons. The lowest BCUT2D eigenvalue weighted by Gasteiger charge is -2.17. The number of carbonyl (C=O) groups is 2. The van der Waals surface area contributed by atoms with Crippen molar-refractivity contribution in [2.75, 3.05) is 18.9 Å². The van der Waals surface area contributed by atoms with Crippen molar-refractivity contribution in [2.45, 2.75) is 13.3 Å². The molecule has 0 aliphatic rings. The normalized spacial score (nSPS) is 10.6. The summed E-state index contributed by atoms with van der Waals surface area (Å²) in [6.45, 7) is 1.80. The number of amides is 2. The van der Waals surface area contributed by atoms with E-state index < -0.39 is 0 Å². The van der Waals surface area contributed by atoms with Crippen molar-refractivity contribution in [1.29, 1.82) is 0 Å². The van der Waals surface area contributed by atoms with Gasteiger partial charge >= 0.3 is 0 Å². The van der Waals surface area contributed by atoms with E-state index in [2.05, 4.69) is 26.3 Å². The lowest BCUT2D eigenvalue weighted by Crippen LogP contribution is -2.35. The second kappa shape index (κ2) is 9.00. The number of hydrogen-bond donors (Lipinski definition) is 1. The fourth-order valence-corrected chi connectivity index (χ4v) is 3.33. The lowest BCUT2D eigenvalue weighted by atomic mass is 10.1. The molecule has 6 nitrogen and oxygen atoms in total. The Bertz CT molecular complexity index is 1030. The zero-order valence-corrected chi connectivity index (χ0v) is 17.6. The highest BCUT2D eigenvalue weighted by Gasteiger charge is 2.22. The van der Waals surface area contributed by atoms with Crippen molar-refractivity contribution < 1.29 is 14.0 Å². The van der Waals surface area contributed by atoms with E-state index in [1.165, 1.54) is 23.2 Å². The Morgan fingerprint density at radius 1 is 1.17 bits per heavy atom. The summed E-state index contributed by atoms with van der Waals surface area (Å²) in [5, 5.41) is 7.07. The summed E-state index contributed by atoms with van der Waals surface area (Å²) >= 11 is 3.38. The van der Waals surface area contributed by atoms with Crippen LogP contribution in [-0.4, -0.2) is 40.1 Å². The maximum Gasteiger partial charge on any atom is 0.257 e. The monoisotopic (exact) mass is 458 g/mol. The van der Waals surface area contributed by atoms with Gasteiger partial charge in [-0.1, -0.05) is 19.1 Å². The fraction of sp³-hybridized carbons (Fsp3) is 0.190. The lowest BCUT2D eigenvalue weighted by molar-refractivity contribution is -0.116. The van der Waals surface area contributed by atoms with E-state index in [1.54, 1.807) is 29.9 Å². The number of para-hydroxylation sites is 1. The molecule has 2 aromatic carbocycles. The number of nitrogens with zero attached hydrogens (tertiary/aromatic N) is 3. The third-order valence-corrected chi connectivity index (χ3v) is 5.07. The standard InChI is InChI=1S/C21H20BrFN4O2/c1-3-19-16(12-24-27(19)15-10-8-14(23)9-11-15)21(29)26(2)13-20(28)25-18-7-5-4-6-17(18)22/h4-12H,3,13H2,1-2H3,(H,25,28). The molecule has 150 valence electrons. The topological polar surface area (TPSA) is 67.2 Å². The van der Waals surface area contributed by atoms with E-state index in [0.717, 1.165) is 4.47 Å². The SMILES string of the molecule is CCc1c(C(=O)N(C)CC(=O)Nc2ccccc2Br)cnn1-c1ccc(F)cc1. The van der Waals surface area contributed by atoms with Crippen LogP contribution >= 0.6 is 15.9 Å². The minimum absolute atomic E-state index is 0.106. The number of hydrogen-bond acceptors (Lipinski definition) is 3. The van der Waals surface area contributed by atoms with E-state index in [0.29, 0.717) is 29.1 Å². The largest absolute Gasteiger partial charge is 0.332 e. The summed E-state index contributed by atoms with van der Waals surface area (Å²) in [6.07, 6.45) is 2.03. The van der Waals surface area contributed by atoms with E-state index in [-0.39, 0.29) is 24.2 Å². The van der Waals surface area contributed by atoms with Crippen LogP contribution in [0.4, 0.5) is 10.1 Å². The van der Waals surface area contributed by atoms with Crippen molar-refractivity contribution >= 4 is 33.4 Å². The zero-order chi connectivity index (χ0) is 21.0. The van der Waals surface area contributed by atoms with Crippen molar-refractivity contribution in [3.05, 3.63) is 76.3 Å². The molecule has 0 aliphatic carbocycles.